The van der Waals surface area contributed by atoms with Crippen molar-refractivity contribution in [1.82, 2.24) is 9.80 Å². The van der Waals surface area contributed by atoms with E-state index in [1.54, 1.807) is 35.2 Å². The third-order valence-electron chi connectivity index (χ3n) is 4.57. The quantitative estimate of drug-likeness (QED) is 0.737. The molecular weight excluding hydrogens is 423 g/mol. The van der Waals surface area contributed by atoms with Crippen LogP contribution in [0.1, 0.15) is 10.4 Å². The number of piperazine rings is 1. The number of amides is 1. The van der Waals surface area contributed by atoms with Gasteiger partial charge in [0.25, 0.3) is 5.91 Å². The summed E-state index contributed by atoms with van der Waals surface area (Å²) >= 11 is 18.3. The number of para-hydroxylation sites is 1. The molecule has 1 heterocycles. The number of rotatable bonds is 6. The molecule has 1 fully saturated rings. The largest absolute Gasteiger partial charge is 0.489 e. The molecule has 0 aromatic heterocycles. The van der Waals surface area contributed by atoms with Gasteiger partial charge in [0.15, 0.2) is 0 Å². The van der Waals surface area contributed by atoms with Crippen LogP contribution in [0.3, 0.4) is 0 Å². The first-order chi connectivity index (χ1) is 13.5. The van der Waals surface area contributed by atoms with Crippen LogP contribution in [0.4, 0.5) is 0 Å². The highest BCUT2D eigenvalue weighted by Gasteiger charge is 2.26. The Hall–Kier alpha value is -1.50. The molecule has 0 aliphatic carbocycles. The van der Waals surface area contributed by atoms with Gasteiger partial charge in [-0.15, -0.1) is 0 Å². The number of aliphatic hydroxyl groups is 1. The molecule has 2 aromatic rings. The first-order valence-electron chi connectivity index (χ1n) is 8.96. The molecule has 0 saturated carbocycles. The van der Waals surface area contributed by atoms with E-state index in [0.29, 0.717) is 59.1 Å². The monoisotopic (exact) mass is 442 g/mol. The van der Waals surface area contributed by atoms with Crippen molar-refractivity contribution in [2.45, 2.75) is 6.10 Å². The minimum Gasteiger partial charge on any atom is -0.489 e. The number of β-amino-alcohol motifs (C(OH)–C–C–N with tert-alkyl or cyclic N) is 1. The average molecular weight is 444 g/mol. The normalized spacial score (nSPS) is 16.1. The fraction of sp³-hybridized carbons (Fsp3) is 0.350. The van der Waals surface area contributed by atoms with Gasteiger partial charge >= 0.3 is 0 Å². The molecule has 0 radical (unpaired) electrons. The Kier molecular flexibility index (Phi) is 7.43. The Balaban J connectivity index is 1.47. The molecule has 2 aromatic carbocycles. The lowest BCUT2D eigenvalue weighted by Crippen LogP contribution is -2.51. The maximum atomic E-state index is 12.7. The maximum absolute atomic E-state index is 12.7. The van der Waals surface area contributed by atoms with E-state index in [0.717, 1.165) is 0 Å². The summed E-state index contributed by atoms with van der Waals surface area (Å²) in [7, 11) is 0. The third-order valence-corrected chi connectivity index (χ3v) is 5.52. The van der Waals surface area contributed by atoms with Crippen LogP contribution < -0.4 is 4.74 Å². The predicted molar refractivity (Wildman–Crippen MR) is 112 cm³/mol. The van der Waals surface area contributed by atoms with Gasteiger partial charge < -0.3 is 14.7 Å². The second-order valence-electron chi connectivity index (χ2n) is 6.58. The molecule has 0 bridgehead atoms. The molecule has 1 aliphatic rings. The highest BCUT2D eigenvalue weighted by atomic mass is 35.5. The summed E-state index contributed by atoms with van der Waals surface area (Å²) < 4.78 is 5.58. The van der Waals surface area contributed by atoms with E-state index in [9.17, 15) is 9.90 Å². The summed E-state index contributed by atoms with van der Waals surface area (Å²) in [6, 6.07) is 12.2. The van der Waals surface area contributed by atoms with Gasteiger partial charge in [-0.3, -0.25) is 9.69 Å². The molecule has 1 unspecified atom stereocenters. The van der Waals surface area contributed by atoms with Crippen LogP contribution in [0.15, 0.2) is 42.5 Å². The molecule has 150 valence electrons. The molecule has 1 N–H and O–H groups in total. The van der Waals surface area contributed by atoms with E-state index in [4.69, 9.17) is 39.5 Å². The number of halogens is 3. The van der Waals surface area contributed by atoms with Crippen molar-refractivity contribution in [3.8, 4) is 5.75 Å². The zero-order valence-corrected chi connectivity index (χ0v) is 17.4. The number of aliphatic hydroxyl groups excluding tert-OH is 1. The minimum atomic E-state index is -0.656. The van der Waals surface area contributed by atoms with Gasteiger partial charge in [0.2, 0.25) is 0 Å². The van der Waals surface area contributed by atoms with Crippen LogP contribution in [-0.4, -0.2) is 66.2 Å². The number of ether oxygens (including phenoxy) is 1. The van der Waals surface area contributed by atoms with Crippen LogP contribution in [-0.2, 0) is 0 Å². The fourth-order valence-electron chi connectivity index (χ4n) is 3.09. The van der Waals surface area contributed by atoms with E-state index in [-0.39, 0.29) is 12.5 Å². The molecular formula is C20H21Cl3N2O3. The van der Waals surface area contributed by atoms with E-state index in [2.05, 4.69) is 4.90 Å². The SMILES string of the molecule is O=C(c1c(Cl)cccc1Cl)N1CCN(CC(O)COc2ccccc2Cl)CC1. The minimum absolute atomic E-state index is 0.151. The Labute approximate surface area is 179 Å². The molecule has 8 heteroatoms. The van der Waals surface area contributed by atoms with E-state index in [1.807, 2.05) is 12.1 Å². The van der Waals surface area contributed by atoms with Crippen LogP contribution >= 0.6 is 34.8 Å². The summed E-state index contributed by atoms with van der Waals surface area (Å²) in [6.07, 6.45) is -0.656. The van der Waals surface area contributed by atoms with Gasteiger partial charge in [-0.05, 0) is 24.3 Å². The lowest BCUT2D eigenvalue weighted by Gasteiger charge is -2.35. The van der Waals surface area contributed by atoms with Crippen molar-refractivity contribution in [3.63, 3.8) is 0 Å². The standard InChI is InChI=1S/C20H21Cl3N2O3/c21-15-4-1-2-7-18(15)28-13-14(26)12-24-8-10-25(11-9-24)20(27)19-16(22)5-3-6-17(19)23/h1-7,14,26H,8-13H2. The first kappa shape index (κ1) is 21.2. The number of nitrogens with zero attached hydrogens (tertiary/aromatic N) is 2. The fourth-order valence-corrected chi connectivity index (χ4v) is 3.84. The van der Waals surface area contributed by atoms with Crippen LogP contribution in [0.5, 0.6) is 5.75 Å². The van der Waals surface area contributed by atoms with Crippen molar-refractivity contribution in [3.05, 3.63) is 63.1 Å². The number of hydrogen-bond acceptors (Lipinski definition) is 4. The molecule has 3 rings (SSSR count). The number of hydrogen-bond donors (Lipinski definition) is 1. The van der Waals surface area contributed by atoms with Gasteiger partial charge in [-0.2, -0.15) is 0 Å². The Morgan fingerprint density at radius 3 is 2.21 bits per heavy atom. The summed E-state index contributed by atoms with van der Waals surface area (Å²) in [5.41, 5.74) is 0.340. The van der Waals surface area contributed by atoms with Gasteiger partial charge in [0.05, 0.1) is 20.6 Å². The number of benzene rings is 2. The first-order valence-corrected chi connectivity index (χ1v) is 10.1. The van der Waals surface area contributed by atoms with E-state index < -0.39 is 6.10 Å². The Morgan fingerprint density at radius 2 is 1.57 bits per heavy atom. The molecule has 28 heavy (non-hydrogen) atoms. The number of carbonyl (C=O) groups is 1. The molecule has 1 amide bonds. The van der Waals surface area contributed by atoms with Gasteiger partial charge in [0, 0.05) is 32.7 Å². The maximum Gasteiger partial charge on any atom is 0.256 e. The summed E-state index contributed by atoms with van der Waals surface area (Å²) in [5, 5.41) is 11.5. The zero-order chi connectivity index (χ0) is 20.1. The van der Waals surface area contributed by atoms with E-state index >= 15 is 0 Å². The smallest absolute Gasteiger partial charge is 0.256 e. The van der Waals surface area contributed by atoms with Crippen LogP contribution in [0.2, 0.25) is 15.1 Å². The molecule has 1 saturated heterocycles. The molecule has 0 spiro atoms. The summed E-state index contributed by atoms with van der Waals surface area (Å²) in [6.45, 7) is 2.99. The third kappa shape index (κ3) is 5.31. The molecule has 1 atom stereocenters. The lowest BCUT2D eigenvalue weighted by atomic mass is 10.1. The van der Waals surface area contributed by atoms with Crippen molar-refractivity contribution >= 4 is 40.7 Å². The van der Waals surface area contributed by atoms with Crippen molar-refractivity contribution in [1.29, 1.82) is 0 Å². The van der Waals surface area contributed by atoms with Crippen molar-refractivity contribution in [2.24, 2.45) is 0 Å². The van der Waals surface area contributed by atoms with Gasteiger partial charge in [-0.25, -0.2) is 0 Å². The Morgan fingerprint density at radius 1 is 0.964 bits per heavy atom. The predicted octanol–water partition coefficient (Wildman–Crippen LogP) is 3.84. The molecule has 1 aliphatic heterocycles. The van der Waals surface area contributed by atoms with Crippen molar-refractivity contribution in [2.75, 3.05) is 39.3 Å². The summed E-state index contributed by atoms with van der Waals surface area (Å²) in [5.74, 6) is 0.383. The average Bonchev–Trinajstić information content (AvgIpc) is 2.68. The van der Waals surface area contributed by atoms with Crippen LogP contribution in [0.25, 0.3) is 0 Å². The topological polar surface area (TPSA) is 53.0 Å². The van der Waals surface area contributed by atoms with Gasteiger partial charge in [0.1, 0.15) is 18.5 Å². The second kappa shape index (κ2) is 9.81. The second-order valence-corrected chi connectivity index (χ2v) is 7.81. The van der Waals surface area contributed by atoms with Crippen LogP contribution in [0, 0.1) is 0 Å². The van der Waals surface area contributed by atoms with Crippen molar-refractivity contribution < 1.29 is 14.6 Å². The number of carbonyl (C=O) groups excluding carboxylic acids is 1. The van der Waals surface area contributed by atoms with E-state index in [1.165, 1.54) is 0 Å². The Bertz CT molecular complexity index is 806. The zero-order valence-electron chi connectivity index (χ0n) is 15.2. The van der Waals surface area contributed by atoms with Gasteiger partial charge in [-0.1, -0.05) is 53.0 Å². The summed E-state index contributed by atoms with van der Waals surface area (Å²) in [4.78, 5) is 16.5. The highest BCUT2D eigenvalue weighted by Crippen LogP contribution is 2.26. The molecule has 5 nitrogen and oxygen atoms in total. The lowest BCUT2D eigenvalue weighted by molar-refractivity contribution is 0.0404. The highest BCUT2D eigenvalue weighted by molar-refractivity contribution is 6.39.